The standard InChI is InChI=1S/C18H22N2O4S2/c1-2-24-16-8-6-15(7-9-16)19-26(22,23)17-12-14(13-25-17)18(21)20-10-4-3-5-11-20/h6-9,12-13,19H,2-5,10-11H2,1H3. The van der Waals surface area contributed by atoms with Gasteiger partial charge in [0.1, 0.15) is 9.96 Å². The van der Waals surface area contributed by atoms with Crippen molar-refractivity contribution >= 4 is 33.0 Å². The van der Waals surface area contributed by atoms with E-state index in [4.69, 9.17) is 4.74 Å². The van der Waals surface area contributed by atoms with E-state index < -0.39 is 10.0 Å². The number of anilines is 1. The summed E-state index contributed by atoms with van der Waals surface area (Å²) in [7, 11) is -3.72. The van der Waals surface area contributed by atoms with Gasteiger partial charge in [-0.15, -0.1) is 11.3 Å². The highest BCUT2D eigenvalue weighted by Crippen LogP contribution is 2.25. The Morgan fingerprint density at radius 1 is 1.19 bits per heavy atom. The Hall–Kier alpha value is -2.06. The summed E-state index contributed by atoms with van der Waals surface area (Å²) in [5, 5.41) is 1.61. The van der Waals surface area contributed by atoms with Crippen molar-refractivity contribution < 1.29 is 17.9 Å². The molecule has 0 radical (unpaired) electrons. The molecule has 0 bridgehead atoms. The molecule has 0 saturated carbocycles. The second-order valence-corrected chi connectivity index (χ2v) is 8.89. The summed E-state index contributed by atoms with van der Waals surface area (Å²) >= 11 is 1.06. The lowest BCUT2D eigenvalue weighted by molar-refractivity contribution is 0.0725. The summed E-state index contributed by atoms with van der Waals surface area (Å²) < 4.78 is 33.1. The van der Waals surface area contributed by atoms with E-state index in [0.29, 0.717) is 23.6 Å². The van der Waals surface area contributed by atoms with Crippen molar-refractivity contribution in [3.8, 4) is 5.75 Å². The van der Waals surface area contributed by atoms with Crippen LogP contribution in [0.2, 0.25) is 0 Å². The molecule has 0 aliphatic carbocycles. The lowest BCUT2D eigenvalue weighted by atomic mass is 10.1. The average molecular weight is 395 g/mol. The van der Waals surface area contributed by atoms with E-state index in [9.17, 15) is 13.2 Å². The highest BCUT2D eigenvalue weighted by Gasteiger charge is 2.23. The Morgan fingerprint density at radius 3 is 2.54 bits per heavy atom. The summed E-state index contributed by atoms with van der Waals surface area (Å²) in [4.78, 5) is 14.3. The Bertz CT molecular complexity index is 854. The molecule has 2 aromatic rings. The SMILES string of the molecule is CCOc1ccc(NS(=O)(=O)c2cc(C(=O)N3CCCCC3)cs2)cc1. The molecular weight excluding hydrogens is 372 g/mol. The van der Waals surface area contributed by atoms with Gasteiger partial charge in [-0.05, 0) is 56.5 Å². The van der Waals surface area contributed by atoms with Crippen molar-refractivity contribution in [3.63, 3.8) is 0 Å². The van der Waals surface area contributed by atoms with Crippen LogP contribution in [0.4, 0.5) is 5.69 Å². The smallest absolute Gasteiger partial charge is 0.271 e. The van der Waals surface area contributed by atoms with Gasteiger partial charge in [-0.2, -0.15) is 0 Å². The summed E-state index contributed by atoms with van der Waals surface area (Å²) in [5.74, 6) is 0.587. The Morgan fingerprint density at radius 2 is 1.88 bits per heavy atom. The van der Waals surface area contributed by atoms with Crippen LogP contribution in [0.15, 0.2) is 39.9 Å². The number of nitrogens with zero attached hydrogens (tertiary/aromatic N) is 1. The summed E-state index contributed by atoms with van der Waals surface area (Å²) in [6.07, 6.45) is 3.14. The summed E-state index contributed by atoms with van der Waals surface area (Å²) in [5.41, 5.74) is 0.884. The molecule has 0 unspecified atom stereocenters. The number of carbonyl (C=O) groups is 1. The quantitative estimate of drug-likeness (QED) is 0.813. The molecule has 6 nitrogen and oxygen atoms in total. The van der Waals surface area contributed by atoms with E-state index in [1.54, 1.807) is 34.5 Å². The highest BCUT2D eigenvalue weighted by molar-refractivity contribution is 7.94. The number of piperidine rings is 1. The van der Waals surface area contributed by atoms with E-state index in [0.717, 1.165) is 43.7 Å². The van der Waals surface area contributed by atoms with Crippen LogP contribution in [0, 0.1) is 0 Å². The van der Waals surface area contributed by atoms with Crippen molar-refractivity contribution in [2.45, 2.75) is 30.4 Å². The van der Waals surface area contributed by atoms with Crippen LogP contribution in [-0.2, 0) is 10.0 Å². The van der Waals surface area contributed by atoms with Crippen LogP contribution in [-0.4, -0.2) is 38.9 Å². The molecular formula is C18H22N2O4S2. The first kappa shape index (κ1) is 18.7. The van der Waals surface area contributed by atoms with Crippen molar-refractivity contribution in [1.29, 1.82) is 0 Å². The van der Waals surface area contributed by atoms with E-state index in [-0.39, 0.29) is 10.1 Å². The molecule has 1 amide bonds. The predicted octanol–water partition coefficient (Wildman–Crippen LogP) is 3.57. The molecule has 2 heterocycles. The van der Waals surface area contributed by atoms with Crippen LogP contribution in [0.5, 0.6) is 5.75 Å². The molecule has 26 heavy (non-hydrogen) atoms. The van der Waals surface area contributed by atoms with Crippen molar-refractivity contribution in [2.24, 2.45) is 0 Å². The van der Waals surface area contributed by atoms with E-state index in [1.807, 2.05) is 6.92 Å². The zero-order valence-corrected chi connectivity index (χ0v) is 16.2. The Labute approximate surface area is 157 Å². The van der Waals surface area contributed by atoms with Crippen molar-refractivity contribution in [2.75, 3.05) is 24.4 Å². The lowest BCUT2D eigenvalue weighted by Gasteiger charge is -2.26. The van der Waals surface area contributed by atoms with Gasteiger partial charge in [-0.1, -0.05) is 0 Å². The molecule has 3 rings (SSSR count). The maximum absolute atomic E-state index is 12.6. The van der Waals surface area contributed by atoms with Gasteiger partial charge >= 0.3 is 0 Å². The first-order chi connectivity index (χ1) is 12.5. The van der Waals surface area contributed by atoms with Crippen LogP contribution < -0.4 is 9.46 Å². The second kappa shape index (κ2) is 8.09. The van der Waals surface area contributed by atoms with Gasteiger partial charge in [0.25, 0.3) is 15.9 Å². The first-order valence-corrected chi connectivity index (χ1v) is 11.0. The van der Waals surface area contributed by atoms with Crippen LogP contribution in [0.3, 0.4) is 0 Å². The number of carbonyl (C=O) groups excluding carboxylic acids is 1. The van der Waals surface area contributed by atoms with Gasteiger partial charge in [0.15, 0.2) is 0 Å². The zero-order chi connectivity index (χ0) is 18.6. The maximum Gasteiger partial charge on any atom is 0.271 e. The third-order valence-corrected chi connectivity index (χ3v) is 6.97. The van der Waals surface area contributed by atoms with Crippen LogP contribution in [0.1, 0.15) is 36.5 Å². The number of ether oxygens (including phenoxy) is 1. The van der Waals surface area contributed by atoms with E-state index in [1.165, 1.54) is 6.07 Å². The Kier molecular flexibility index (Phi) is 5.83. The molecule has 1 fully saturated rings. The predicted molar refractivity (Wildman–Crippen MR) is 102 cm³/mol. The maximum atomic E-state index is 12.6. The largest absolute Gasteiger partial charge is 0.494 e. The topological polar surface area (TPSA) is 75.7 Å². The van der Waals surface area contributed by atoms with Crippen molar-refractivity contribution in [3.05, 3.63) is 41.3 Å². The van der Waals surface area contributed by atoms with Gasteiger partial charge in [-0.3, -0.25) is 9.52 Å². The molecule has 0 atom stereocenters. The number of amides is 1. The molecule has 1 aromatic carbocycles. The molecule has 1 aliphatic heterocycles. The fourth-order valence-corrected chi connectivity index (χ4v) is 5.05. The van der Waals surface area contributed by atoms with Crippen molar-refractivity contribution in [1.82, 2.24) is 4.90 Å². The minimum atomic E-state index is -3.72. The molecule has 8 heteroatoms. The first-order valence-electron chi connectivity index (χ1n) is 8.63. The molecule has 1 aliphatic rings. The fourth-order valence-electron chi connectivity index (χ4n) is 2.84. The average Bonchev–Trinajstić information content (AvgIpc) is 3.15. The van der Waals surface area contributed by atoms with Gasteiger partial charge in [0, 0.05) is 24.2 Å². The number of rotatable bonds is 6. The van der Waals surface area contributed by atoms with Gasteiger partial charge in [0.2, 0.25) is 0 Å². The van der Waals surface area contributed by atoms with E-state index >= 15 is 0 Å². The number of hydrogen-bond acceptors (Lipinski definition) is 5. The fraction of sp³-hybridized carbons (Fsp3) is 0.389. The monoisotopic (exact) mass is 394 g/mol. The number of nitrogens with one attached hydrogen (secondary N) is 1. The zero-order valence-electron chi connectivity index (χ0n) is 14.6. The molecule has 1 N–H and O–H groups in total. The van der Waals surface area contributed by atoms with Crippen LogP contribution >= 0.6 is 11.3 Å². The number of sulfonamides is 1. The van der Waals surface area contributed by atoms with Gasteiger partial charge < -0.3 is 9.64 Å². The third kappa shape index (κ3) is 4.37. The second-order valence-electron chi connectivity index (χ2n) is 6.07. The minimum absolute atomic E-state index is 0.0940. The van der Waals surface area contributed by atoms with Crippen LogP contribution in [0.25, 0.3) is 0 Å². The summed E-state index contributed by atoms with van der Waals surface area (Å²) in [6, 6.07) is 8.17. The highest BCUT2D eigenvalue weighted by atomic mass is 32.2. The molecule has 140 valence electrons. The van der Waals surface area contributed by atoms with Gasteiger partial charge in [-0.25, -0.2) is 8.42 Å². The minimum Gasteiger partial charge on any atom is -0.494 e. The van der Waals surface area contributed by atoms with E-state index in [2.05, 4.69) is 4.72 Å². The number of thiophene rings is 1. The number of likely N-dealkylation sites (tertiary alicyclic amines) is 1. The molecule has 1 aromatic heterocycles. The Balaban J connectivity index is 1.71. The number of benzene rings is 1. The van der Waals surface area contributed by atoms with Gasteiger partial charge in [0.05, 0.1) is 12.2 Å². The third-order valence-electron chi connectivity index (χ3n) is 4.15. The molecule has 1 saturated heterocycles. The number of hydrogen-bond donors (Lipinski definition) is 1. The summed E-state index contributed by atoms with van der Waals surface area (Å²) in [6.45, 7) is 3.91. The lowest BCUT2D eigenvalue weighted by Crippen LogP contribution is -2.35. The molecule has 0 spiro atoms. The normalized spacial score (nSPS) is 14.9.